The summed E-state index contributed by atoms with van der Waals surface area (Å²) in [7, 11) is 2.97. The lowest BCUT2D eigenvalue weighted by Crippen LogP contribution is -2.44. The maximum absolute atomic E-state index is 13.3. The topological polar surface area (TPSA) is 99.6 Å². The highest BCUT2D eigenvalue weighted by Crippen LogP contribution is 2.11. The van der Waals surface area contributed by atoms with E-state index in [9.17, 15) is 14.4 Å². The number of anilines is 1. The highest BCUT2D eigenvalue weighted by atomic mass is 16.5. The van der Waals surface area contributed by atoms with Gasteiger partial charge < -0.3 is 10.5 Å². The van der Waals surface area contributed by atoms with Crippen LogP contribution in [0.2, 0.25) is 0 Å². The lowest BCUT2D eigenvalue weighted by molar-refractivity contribution is 0.0892. The van der Waals surface area contributed by atoms with E-state index < -0.39 is 17.0 Å². The van der Waals surface area contributed by atoms with Gasteiger partial charge >= 0.3 is 5.69 Å². The average Bonchev–Trinajstić information content (AvgIpc) is 2.85. The van der Waals surface area contributed by atoms with E-state index in [4.69, 9.17) is 10.5 Å². The SMILES string of the molecule is COCCN(CCCc1ccccc1)CC(=O)c1c(N)n(Cc2ccccc2)c(=O)n(C)c1=O. The Morgan fingerprint density at radius 2 is 1.59 bits per heavy atom. The van der Waals surface area contributed by atoms with E-state index in [0.717, 1.165) is 23.0 Å². The normalized spacial score (nSPS) is 11.1. The number of rotatable bonds is 12. The van der Waals surface area contributed by atoms with Crippen LogP contribution in [0.1, 0.15) is 27.9 Å². The van der Waals surface area contributed by atoms with Crippen LogP contribution in [-0.4, -0.2) is 53.2 Å². The number of hydrogen-bond acceptors (Lipinski definition) is 6. The molecule has 1 heterocycles. The second-order valence-corrected chi connectivity index (χ2v) is 8.26. The molecule has 8 nitrogen and oxygen atoms in total. The van der Waals surface area contributed by atoms with E-state index in [1.807, 2.05) is 53.4 Å². The van der Waals surface area contributed by atoms with Crippen molar-refractivity contribution in [3.05, 3.63) is 98.2 Å². The van der Waals surface area contributed by atoms with Crippen LogP contribution in [0.5, 0.6) is 0 Å². The Morgan fingerprint density at radius 3 is 2.21 bits per heavy atom. The molecule has 2 N–H and O–H groups in total. The fraction of sp³-hybridized carbons (Fsp3) is 0.346. The number of carbonyl (C=O) groups excluding carboxylic acids is 1. The van der Waals surface area contributed by atoms with Crippen molar-refractivity contribution in [3.63, 3.8) is 0 Å². The van der Waals surface area contributed by atoms with E-state index >= 15 is 0 Å². The van der Waals surface area contributed by atoms with Crippen molar-refractivity contribution < 1.29 is 9.53 Å². The molecule has 0 radical (unpaired) electrons. The van der Waals surface area contributed by atoms with Crippen LogP contribution in [0.25, 0.3) is 0 Å². The first-order chi connectivity index (χ1) is 16.4. The van der Waals surface area contributed by atoms with Gasteiger partial charge in [-0.15, -0.1) is 0 Å². The summed E-state index contributed by atoms with van der Waals surface area (Å²) in [5.74, 6) is -0.506. The average molecular weight is 465 g/mol. The lowest BCUT2D eigenvalue weighted by Gasteiger charge is -2.22. The van der Waals surface area contributed by atoms with Crippen molar-refractivity contribution in [2.75, 3.05) is 39.1 Å². The standard InChI is InChI=1S/C26H32N4O4/c1-28-25(32)23(24(27)30(26(28)33)18-21-12-7-4-8-13-21)22(31)19-29(16-17-34-2)15-9-14-20-10-5-3-6-11-20/h3-8,10-13H,9,14-19,27H2,1-2H3. The summed E-state index contributed by atoms with van der Waals surface area (Å²) in [5.41, 5.74) is 6.94. The molecule has 8 heteroatoms. The predicted molar refractivity (Wildman–Crippen MR) is 133 cm³/mol. The van der Waals surface area contributed by atoms with Crippen LogP contribution in [0.3, 0.4) is 0 Å². The predicted octanol–water partition coefficient (Wildman–Crippen LogP) is 1.94. The molecule has 34 heavy (non-hydrogen) atoms. The molecule has 3 rings (SSSR count). The molecule has 180 valence electrons. The summed E-state index contributed by atoms with van der Waals surface area (Å²) >= 11 is 0. The van der Waals surface area contributed by atoms with Gasteiger partial charge in [-0.25, -0.2) is 4.79 Å². The van der Waals surface area contributed by atoms with Crippen molar-refractivity contribution in [1.29, 1.82) is 0 Å². The number of ketones is 1. The highest BCUT2D eigenvalue weighted by Gasteiger charge is 2.23. The van der Waals surface area contributed by atoms with Crippen LogP contribution in [-0.2, 0) is 24.8 Å². The van der Waals surface area contributed by atoms with Crippen LogP contribution >= 0.6 is 0 Å². The lowest BCUT2D eigenvalue weighted by atomic mass is 10.1. The molecule has 0 fully saturated rings. The zero-order valence-corrected chi connectivity index (χ0v) is 19.8. The number of Topliss-reactive ketones (excluding diaryl/α,β-unsaturated/α-hetero) is 1. The number of benzene rings is 2. The summed E-state index contributed by atoms with van der Waals surface area (Å²) in [6.07, 6.45) is 1.73. The van der Waals surface area contributed by atoms with Crippen molar-refractivity contribution in [2.45, 2.75) is 19.4 Å². The molecule has 0 saturated heterocycles. The first-order valence-corrected chi connectivity index (χ1v) is 11.3. The summed E-state index contributed by atoms with van der Waals surface area (Å²) in [6, 6.07) is 19.4. The quantitative estimate of drug-likeness (QED) is 0.411. The van der Waals surface area contributed by atoms with E-state index in [1.165, 1.54) is 17.2 Å². The maximum atomic E-state index is 13.3. The first kappa shape index (κ1) is 25.1. The Bertz CT molecular complexity index is 1200. The Labute approximate surface area is 199 Å². The maximum Gasteiger partial charge on any atom is 0.332 e. The number of carbonyl (C=O) groups is 1. The highest BCUT2D eigenvalue weighted by molar-refractivity contribution is 6.01. The number of aryl methyl sites for hydroxylation is 1. The van der Waals surface area contributed by atoms with Crippen molar-refractivity contribution in [3.8, 4) is 0 Å². The molecule has 0 bridgehead atoms. The van der Waals surface area contributed by atoms with Gasteiger partial charge in [0.05, 0.1) is 19.7 Å². The molecular weight excluding hydrogens is 432 g/mol. The van der Waals surface area contributed by atoms with E-state index in [-0.39, 0.29) is 24.5 Å². The molecular formula is C26H32N4O4. The van der Waals surface area contributed by atoms with Gasteiger partial charge in [-0.1, -0.05) is 60.7 Å². The molecule has 0 aliphatic heterocycles. The van der Waals surface area contributed by atoms with Crippen LogP contribution in [0.4, 0.5) is 5.82 Å². The number of methoxy groups -OCH3 is 1. The van der Waals surface area contributed by atoms with Crippen molar-refractivity contribution >= 4 is 11.6 Å². The number of aromatic nitrogens is 2. The molecule has 0 saturated carbocycles. The van der Waals surface area contributed by atoms with Gasteiger partial charge in [0.15, 0.2) is 5.78 Å². The number of hydrogen-bond donors (Lipinski definition) is 1. The Hall–Kier alpha value is -3.49. The van der Waals surface area contributed by atoms with Gasteiger partial charge in [0.1, 0.15) is 11.4 Å². The summed E-state index contributed by atoms with van der Waals surface area (Å²) in [4.78, 5) is 40.8. The second-order valence-electron chi connectivity index (χ2n) is 8.26. The van der Waals surface area contributed by atoms with Gasteiger partial charge in [-0.2, -0.15) is 0 Å². The zero-order chi connectivity index (χ0) is 24.5. The summed E-state index contributed by atoms with van der Waals surface area (Å²) in [6.45, 7) is 1.85. The van der Waals surface area contributed by atoms with Gasteiger partial charge in [0.2, 0.25) is 0 Å². The fourth-order valence-corrected chi connectivity index (χ4v) is 3.89. The number of nitrogens with two attached hydrogens (primary N) is 1. The Kier molecular flexibility index (Phi) is 8.95. The molecule has 0 amide bonds. The fourth-order valence-electron chi connectivity index (χ4n) is 3.89. The van der Waals surface area contributed by atoms with E-state index in [0.29, 0.717) is 19.7 Å². The smallest absolute Gasteiger partial charge is 0.332 e. The molecule has 0 aliphatic carbocycles. The number of nitrogens with zero attached hydrogens (tertiary/aromatic N) is 3. The molecule has 3 aromatic rings. The molecule has 0 aliphatic rings. The van der Waals surface area contributed by atoms with Crippen molar-refractivity contribution in [2.24, 2.45) is 7.05 Å². The third kappa shape index (κ3) is 6.30. The van der Waals surface area contributed by atoms with Crippen LogP contribution in [0, 0.1) is 0 Å². The minimum atomic E-state index is -0.673. The van der Waals surface area contributed by atoms with Gasteiger partial charge in [-0.05, 0) is 30.5 Å². The minimum absolute atomic E-state index is 0.0150. The van der Waals surface area contributed by atoms with Gasteiger partial charge in [-0.3, -0.25) is 23.6 Å². The van der Waals surface area contributed by atoms with Crippen LogP contribution in [0.15, 0.2) is 70.3 Å². The number of nitrogen functional groups attached to an aromatic ring is 1. The second kappa shape index (κ2) is 12.1. The summed E-state index contributed by atoms with van der Waals surface area (Å²) < 4.78 is 7.43. The third-order valence-corrected chi connectivity index (χ3v) is 5.81. The molecule has 0 atom stereocenters. The van der Waals surface area contributed by atoms with E-state index in [2.05, 4.69) is 12.1 Å². The zero-order valence-electron chi connectivity index (χ0n) is 19.8. The van der Waals surface area contributed by atoms with Gasteiger partial charge in [0.25, 0.3) is 5.56 Å². The van der Waals surface area contributed by atoms with Crippen molar-refractivity contribution in [1.82, 2.24) is 14.0 Å². The third-order valence-electron chi connectivity index (χ3n) is 5.81. The summed E-state index contributed by atoms with van der Waals surface area (Å²) in [5, 5.41) is 0. The molecule has 1 aromatic heterocycles. The van der Waals surface area contributed by atoms with Crippen LogP contribution < -0.4 is 17.0 Å². The van der Waals surface area contributed by atoms with Gasteiger partial charge in [0, 0.05) is 20.7 Å². The Morgan fingerprint density at radius 1 is 0.971 bits per heavy atom. The number of ether oxygens (including phenoxy) is 1. The largest absolute Gasteiger partial charge is 0.384 e. The van der Waals surface area contributed by atoms with E-state index in [1.54, 1.807) is 7.11 Å². The first-order valence-electron chi connectivity index (χ1n) is 11.3. The molecule has 0 unspecified atom stereocenters. The Balaban J connectivity index is 1.81. The monoisotopic (exact) mass is 464 g/mol. The molecule has 0 spiro atoms. The molecule has 2 aromatic carbocycles. The minimum Gasteiger partial charge on any atom is -0.384 e.